The number of hydrogen-bond acceptors (Lipinski definition) is 3. The Morgan fingerprint density at radius 1 is 0.833 bits per heavy atom. The SMILES string of the molecule is O=C(Nc1ccc(F)cc1)c1cccc(NC(=O)c2ccco2)c1. The highest BCUT2D eigenvalue weighted by Gasteiger charge is 2.11. The number of hydrogen-bond donors (Lipinski definition) is 2. The zero-order valence-corrected chi connectivity index (χ0v) is 12.5. The van der Waals surface area contributed by atoms with Gasteiger partial charge in [-0.25, -0.2) is 4.39 Å². The van der Waals surface area contributed by atoms with Gasteiger partial charge in [0.2, 0.25) is 0 Å². The summed E-state index contributed by atoms with van der Waals surface area (Å²) < 4.78 is 17.9. The molecule has 24 heavy (non-hydrogen) atoms. The maximum Gasteiger partial charge on any atom is 0.291 e. The molecule has 2 aromatic carbocycles. The molecule has 0 saturated heterocycles. The molecule has 0 atom stereocenters. The Morgan fingerprint density at radius 3 is 2.29 bits per heavy atom. The largest absolute Gasteiger partial charge is 0.459 e. The van der Waals surface area contributed by atoms with Gasteiger partial charge < -0.3 is 15.1 Å². The first kappa shape index (κ1) is 15.5. The van der Waals surface area contributed by atoms with E-state index in [9.17, 15) is 14.0 Å². The molecule has 120 valence electrons. The number of halogens is 1. The molecule has 0 unspecified atom stereocenters. The molecule has 3 aromatic rings. The molecule has 0 bridgehead atoms. The topological polar surface area (TPSA) is 71.3 Å². The monoisotopic (exact) mass is 324 g/mol. The van der Waals surface area contributed by atoms with Gasteiger partial charge in [0.1, 0.15) is 5.82 Å². The van der Waals surface area contributed by atoms with Crippen molar-refractivity contribution in [1.29, 1.82) is 0 Å². The summed E-state index contributed by atoms with van der Waals surface area (Å²) in [5.74, 6) is -0.974. The molecule has 0 saturated carbocycles. The normalized spacial score (nSPS) is 10.2. The third-order valence-electron chi connectivity index (χ3n) is 3.23. The van der Waals surface area contributed by atoms with Crippen molar-refractivity contribution in [2.45, 2.75) is 0 Å². The second-order valence-corrected chi connectivity index (χ2v) is 4.97. The second kappa shape index (κ2) is 6.78. The average molecular weight is 324 g/mol. The fourth-order valence-corrected chi connectivity index (χ4v) is 2.08. The second-order valence-electron chi connectivity index (χ2n) is 4.97. The van der Waals surface area contributed by atoms with Crippen molar-refractivity contribution in [2.24, 2.45) is 0 Å². The van der Waals surface area contributed by atoms with Crippen LogP contribution in [-0.2, 0) is 0 Å². The lowest BCUT2D eigenvalue weighted by molar-refractivity contribution is 0.0993. The summed E-state index contributed by atoms with van der Waals surface area (Å²) in [6, 6.07) is 15.1. The van der Waals surface area contributed by atoms with Crippen LogP contribution in [0.5, 0.6) is 0 Å². The van der Waals surface area contributed by atoms with Gasteiger partial charge in [0, 0.05) is 16.9 Å². The quantitative estimate of drug-likeness (QED) is 0.764. The zero-order valence-electron chi connectivity index (χ0n) is 12.5. The summed E-state index contributed by atoms with van der Waals surface area (Å²) in [7, 11) is 0. The smallest absolute Gasteiger partial charge is 0.291 e. The summed E-state index contributed by atoms with van der Waals surface area (Å²) in [5.41, 5.74) is 1.30. The van der Waals surface area contributed by atoms with Gasteiger partial charge in [-0.2, -0.15) is 0 Å². The molecule has 0 radical (unpaired) electrons. The lowest BCUT2D eigenvalue weighted by Gasteiger charge is -2.08. The predicted octanol–water partition coefficient (Wildman–Crippen LogP) is 3.92. The van der Waals surface area contributed by atoms with Gasteiger partial charge in [0.15, 0.2) is 5.76 Å². The fraction of sp³-hybridized carbons (Fsp3) is 0. The highest BCUT2D eigenvalue weighted by molar-refractivity contribution is 6.06. The standard InChI is InChI=1S/C18H13FN2O3/c19-13-6-8-14(9-7-13)20-17(22)12-3-1-4-15(11-12)21-18(23)16-5-2-10-24-16/h1-11H,(H,20,22)(H,21,23). The van der Waals surface area contributed by atoms with Gasteiger partial charge in [0.05, 0.1) is 6.26 Å². The molecule has 2 amide bonds. The number of carbonyl (C=O) groups is 2. The van der Waals surface area contributed by atoms with E-state index in [4.69, 9.17) is 4.42 Å². The molecule has 6 heteroatoms. The first-order valence-corrected chi connectivity index (χ1v) is 7.14. The minimum atomic E-state index is -0.406. The average Bonchev–Trinajstić information content (AvgIpc) is 3.12. The number of benzene rings is 2. The Morgan fingerprint density at radius 2 is 1.58 bits per heavy atom. The van der Waals surface area contributed by atoms with Gasteiger partial charge in [-0.1, -0.05) is 6.07 Å². The minimum absolute atomic E-state index is 0.177. The van der Waals surface area contributed by atoms with Gasteiger partial charge >= 0.3 is 0 Å². The Balaban J connectivity index is 1.71. The van der Waals surface area contributed by atoms with Crippen molar-refractivity contribution in [3.63, 3.8) is 0 Å². The lowest BCUT2D eigenvalue weighted by atomic mass is 10.1. The number of carbonyl (C=O) groups excluding carboxylic acids is 2. The van der Waals surface area contributed by atoms with Crippen molar-refractivity contribution in [3.8, 4) is 0 Å². The third kappa shape index (κ3) is 3.67. The number of nitrogens with one attached hydrogen (secondary N) is 2. The molecule has 2 N–H and O–H groups in total. The summed E-state index contributed by atoms with van der Waals surface area (Å²) in [4.78, 5) is 24.2. The van der Waals surface area contributed by atoms with Crippen LogP contribution in [0, 0.1) is 5.82 Å². The Labute approximate surface area is 137 Å². The van der Waals surface area contributed by atoms with Crippen LogP contribution in [0.1, 0.15) is 20.9 Å². The van der Waals surface area contributed by atoms with Gasteiger partial charge in [0.25, 0.3) is 11.8 Å². The Hall–Kier alpha value is -3.41. The molecular weight excluding hydrogens is 311 g/mol. The minimum Gasteiger partial charge on any atom is -0.459 e. The van der Waals surface area contributed by atoms with Crippen LogP contribution in [0.2, 0.25) is 0 Å². The van der Waals surface area contributed by atoms with Crippen LogP contribution in [0.15, 0.2) is 71.3 Å². The van der Waals surface area contributed by atoms with Crippen molar-refractivity contribution in [3.05, 3.63) is 84.1 Å². The van der Waals surface area contributed by atoms with E-state index in [-0.39, 0.29) is 17.5 Å². The number of rotatable bonds is 4. The summed E-state index contributed by atoms with van der Waals surface area (Å²) in [5, 5.41) is 5.31. The third-order valence-corrected chi connectivity index (χ3v) is 3.23. The number of amides is 2. The molecule has 1 aromatic heterocycles. The molecule has 1 heterocycles. The molecule has 0 aliphatic rings. The maximum absolute atomic E-state index is 12.9. The van der Waals surface area contributed by atoms with Crippen LogP contribution in [-0.4, -0.2) is 11.8 Å². The lowest BCUT2D eigenvalue weighted by Crippen LogP contribution is -2.14. The van der Waals surface area contributed by atoms with E-state index in [1.54, 1.807) is 36.4 Å². The van der Waals surface area contributed by atoms with E-state index in [0.717, 1.165) is 0 Å². The summed E-state index contributed by atoms with van der Waals surface area (Å²) in [6.07, 6.45) is 1.40. The van der Waals surface area contributed by atoms with Gasteiger partial charge in [-0.05, 0) is 54.6 Å². The van der Waals surface area contributed by atoms with E-state index in [2.05, 4.69) is 10.6 Å². The highest BCUT2D eigenvalue weighted by Crippen LogP contribution is 2.15. The van der Waals surface area contributed by atoms with Crippen molar-refractivity contribution < 1.29 is 18.4 Å². The molecule has 0 aliphatic carbocycles. The first-order valence-electron chi connectivity index (χ1n) is 7.14. The molecule has 0 aliphatic heterocycles. The van der Waals surface area contributed by atoms with Crippen molar-refractivity contribution in [1.82, 2.24) is 0 Å². The van der Waals surface area contributed by atoms with Crippen LogP contribution in [0.25, 0.3) is 0 Å². The van der Waals surface area contributed by atoms with E-state index in [1.807, 2.05) is 0 Å². The van der Waals surface area contributed by atoms with Crippen LogP contribution in [0.3, 0.4) is 0 Å². The fourth-order valence-electron chi connectivity index (χ4n) is 2.08. The van der Waals surface area contributed by atoms with Crippen LogP contribution < -0.4 is 10.6 Å². The zero-order chi connectivity index (χ0) is 16.9. The Kier molecular flexibility index (Phi) is 4.38. The molecule has 0 spiro atoms. The first-order chi connectivity index (χ1) is 11.6. The van der Waals surface area contributed by atoms with E-state index in [0.29, 0.717) is 16.9 Å². The maximum atomic E-state index is 12.9. The van der Waals surface area contributed by atoms with Crippen molar-refractivity contribution in [2.75, 3.05) is 10.6 Å². The van der Waals surface area contributed by atoms with Crippen molar-refractivity contribution >= 4 is 23.2 Å². The highest BCUT2D eigenvalue weighted by atomic mass is 19.1. The van der Waals surface area contributed by atoms with Crippen LogP contribution in [0.4, 0.5) is 15.8 Å². The van der Waals surface area contributed by atoms with Gasteiger partial charge in [-0.15, -0.1) is 0 Å². The summed E-state index contributed by atoms with van der Waals surface area (Å²) in [6.45, 7) is 0. The molecular formula is C18H13FN2O3. The number of furan rings is 1. The van der Waals surface area contributed by atoms with Gasteiger partial charge in [-0.3, -0.25) is 9.59 Å². The van der Waals surface area contributed by atoms with E-state index >= 15 is 0 Å². The van der Waals surface area contributed by atoms with E-state index in [1.165, 1.54) is 30.5 Å². The molecule has 3 rings (SSSR count). The number of anilines is 2. The summed E-state index contributed by atoms with van der Waals surface area (Å²) >= 11 is 0. The van der Waals surface area contributed by atoms with Crippen LogP contribution >= 0.6 is 0 Å². The Bertz CT molecular complexity index is 858. The predicted molar refractivity (Wildman–Crippen MR) is 87.5 cm³/mol. The van der Waals surface area contributed by atoms with E-state index < -0.39 is 5.91 Å². The molecule has 5 nitrogen and oxygen atoms in total. The molecule has 0 fully saturated rings.